The zero-order valence-corrected chi connectivity index (χ0v) is 14.1. The van der Waals surface area contributed by atoms with Gasteiger partial charge >= 0.3 is 0 Å². The zero-order valence-electron chi connectivity index (χ0n) is 13.4. The molecular formula is C18H26ClNO2. The molecule has 1 saturated heterocycles. The van der Waals surface area contributed by atoms with Crippen LogP contribution in [-0.4, -0.2) is 41.3 Å². The molecule has 3 nitrogen and oxygen atoms in total. The Balaban J connectivity index is 1.53. The van der Waals surface area contributed by atoms with Gasteiger partial charge in [-0.2, -0.15) is 0 Å². The molecule has 0 bridgehead atoms. The normalized spacial score (nSPS) is 22.9. The topological polar surface area (TPSA) is 32.7 Å². The van der Waals surface area contributed by atoms with Crippen LogP contribution in [0, 0.1) is 6.92 Å². The van der Waals surface area contributed by atoms with Gasteiger partial charge in [0.05, 0.1) is 5.02 Å². The molecule has 0 radical (unpaired) electrons. The first kappa shape index (κ1) is 16.1. The van der Waals surface area contributed by atoms with Crippen molar-refractivity contribution in [2.24, 2.45) is 0 Å². The summed E-state index contributed by atoms with van der Waals surface area (Å²) in [6.07, 6.45) is 6.95. The van der Waals surface area contributed by atoms with Crippen LogP contribution in [0.1, 0.15) is 44.1 Å². The van der Waals surface area contributed by atoms with E-state index in [1.807, 2.05) is 25.1 Å². The van der Waals surface area contributed by atoms with Gasteiger partial charge < -0.3 is 14.7 Å². The average Bonchev–Trinajstić information content (AvgIpc) is 3.03. The van der Waals surface area contributed by atoms with Crippen molar-refractivity contribution in [3.8, 4) is 5.75 Å². The Bertz CT molecular complexity index is 506. The van der Waals surface area contributed by atoms with E-state index in [2.05, 4.69) is 4.90 Å². The minimum Gasteiger partial charge on any atom is -0.489 e. The Morgan fingerprint density at radius 1 is 1.27 bits per heavy atom. The van der Waals surface area contributed by atoms with E-state index in [0.29, 0.717) is 17.4 Å². The standard InChI is InChI=1S/C18H26ClNO2/c1-14-6-7-16(19)17(12-14)22-13-18(21)8-10-20(11-9-18)15-4-2-3-5-15/h6-7,12,15,21H,2-5,8-11,13H2,1H3. The first-order valence-corrected chi connectivity index (χ1v) is 8.79. The number of likely N-dealkylation sites (tertiary alicyclic amines) is 1. The third-order valence-corrected chi connectivity index (χ3v) is 5.47. The molecule has 2 fully saturated rings. The number of benzene rings is 1. The molecule has 122 valence electrons. The van der Waals surface area contributed by atoms with E-state index in [1.165, 1.54) is 25.7 Å². The van der Waals surface area contributed by atoms with Crippen LogP contribution in [0.2, 0.25) is 5.02 Å². The number of hydrogen-bond acceptors (Lipinski definition) is 3. The first-order chi connectivity index (χ1) is 10.6. The van der Waals surface area contributed by atoms with E-state index in [1.54, 1.807) is 0 Å². The van der Waals surface area contributed by atoms with Crippen LogP contribution >= 0.6 is 11.6 Å². The summed E-state index contributed by atoms with van der Waals surface area (Å²) in [6.45, 7) is 4.30. The van der Waals surface area contributed by atoms with Crippen LogP contribution in [0.15, 0.2) is 18.2 Å². The molecule has 3 rings (SSSR count). The van der Waals surface area contributed by atoms with E-state index >= 15 is 0 Å². The van der Waals surface area contributed by atoms with E-state index in [0.717, 1.165) is 37.5 Å². The van der Waals surface area contributed by atoms with Crippen molar-refractivity contribution < 1.29 is 9.84 Å². The van der Waals surface area contributed by atoms with Gasteiger partial charge in [-0.05, 0) is 50.3 Å². The summed E-state index contributed by atoms with van der Waals surface area (Å²) in [5, 5.41) is 11.4. The number of rotatable bonds is 4. The number of aliphatic hydroxyl groups is 1. The summed E-state index contributed by atoms with van der Waals surface area (Å²) >= 11 is 6.15. The van der Waals surface area contributed by atoms with Crippen LogP contribution < -0.4 is 4.74 Å². The van der Waals surface area contributed by atoms with Gasteiger partial charge in [-0.3, -0.25) is 0 Å². The fraction of sp³-hybridized carbons (Fsp3) is 0.667. The number of piperidine rings is 1. The second-order valence-corrected chi connectivity index (χ2v) is 7.33. The maximum atomic E-state index is 10.8. The van der Waals surface area contributed by atoms with Crippen LogP contribution in [0.5, 0.6) is 5.75 Å². The van der Waals surface area contributed by atoms with E-state index < -0.39 is 5.60 Å². The Labute approximate surface area is 138 Å². The summed E-state index contributed by atoms with van der Waals surface area (Å²) in [6, 6.07) is 6.49. The highest BCUT2D eigenvalue weighted by molar-refractivity contribution is 6.32. The van der Waals surface area contributed by atoms with Gasteiger partial charge in [0.15, 0.2) is 0 Å². The van der Waals surface area contributed by atoms with Crippen molar-refractivity contribution in [3.05, 3.63) is 28.8 Å². The second kappa shape index (κ2) is 6.77. The molecule has 0 atom stereocenters. The first-order valence-electron chi connectivity index (χ1n) is 8.41. The van der Waals surface area contributed by atoms with E-state index in [-0.39, 0.29) is 0 Å². The quantitative estimate of drug-likeness (QED) is 0.915. The van der Waals surface area contributed by atoms with E-state index in [4.69, 9.17) is 16.3 Å². The Kier molecular flexibility index (Phi) is 4.96. The highest BCUT2D eigenvalue weighted by atomic mass is 35.5. The van der Waals surface area contributed by atoms with Gasteiger partial charge in [-0.25, -0.2) is 0 Å². The van der Waals surface area contributed by atoms with Gasteiger partial charge in [-0.1, -0.05) is 30.5 Å². The summed E-state index contributed by atoms with van der Waals surface area (Å²) in [4.78, 5) is 2.56. The van der Waals surface area contributed by atoms with E-state index in [9.17, 15) is 5.11 Å². The van der Waals surface area contributed by atoms with Crippen molar-refractivity contribution in [2.45, 2.75) is 57.1 Å². The van der Waals surface area contributed by atoms with Gasteiger partial charge in [0.1, 0.15) is 18.0 Å². The number of nitrogens with zero attached hydrogens (tertiary/aromatic N) is 1. The molecule has 0 spiro atoms. The Morgan fingerprint density at radius 3 is 2.64 bits per heavy atom. The van der Waals surface area contributed by atoms with Crippen molar-refractivity contribution in [3.63, 3.8) is 0 Å². The molecule has 1 saturated carbocycles. The lowest BCUT2D eigenvalue weighted by molar-refractivity contribution is -0.0589. The molecule has 1 aromatic rings. The molecule has 4 heteroatoms. The predicted octanol–water partition coefficient (Wildman–Crippen LogP) is 3.80. The molecular weight excluding hydrogens is 298 g/mol. The monoisotopic (exact) mass is 323 g/mol. The minimum absolute atomic E-state index is 0.328. The summed E-state index contributed by atoms with van der Waals surface area (Å²) in [5.41, 5.74) is 0.393. The number of aryl methyl sites for hydroxylation is 1. The van der Waals surface area contributed by atoms with Gasteiger partial charge in [0.2, 0.25) is 0 Å². The molecule has 1 heterocycles. The van der Waals surface area contributed by atoms with Crippen molar-refractivity contribution in [1.29, 1.82) is 0 Å². The minimum atomic E-state index is -0.720. The third kappa shape index (κ3) is 3.76. The van der Waals surface area contributed by atoms with Crippen LogP contribution in [-0.2, 0) is 0 Å². The van der Waals surface area contributed by atoms with Gasteiger partial charge in [0, 0.05) is 19.1 Å². The van der Waals surface area contributed by atoms with Crippen molar-refractivity contribution in [2.75, 3.05) is 19.7 Å². The van der Waals surface area contributed by atoms with Crippen molar-refractivity contribution in [1.82, 2.24) is 4.90 Å². The number of ether oxygens (including phenoxy) is 1. The maximum absolute atomic E-state index is 10.8. The lowest BCUT2D eigenvalue weighted by atomic mass is 9.91. The smallest absolute Gasteiger partial charge is 0.138 e. The Hall–Kier alpha value is -0.770. The Morgan fingerprint density at radius 2 is 1.95 bits per heavy atom. The van der Waals surface area contributed by atoms with Crippen molar-refractivity contribution >= 4 is 11.6 Å². The average molecular weight is 324 g/mol. The molecule has 2 aliphatic rings. The van der Waals surface area contributed by atoms with Gasteiger partial charge in [0.25, 0.3) is 0 Å². The summed E-state index contributed by atoms with van der Waals surface area (Å²) in [7, 11) is 0. The molecule has 0 aromatic heterocycles. The molecule has 1 aliphatic carbocycles. The second-order valence-electron chi connectivity index (χ2n) is 6.92. The largest absolute Gasteiger partial charge is 0.489 e. The lowest BCUT2D eigenvalue weighted by Gasteiger charge is -2.40. The predicted molar refractivity (Wildman–Crippen MR) is 89.7 cm³/mol. The molecule has 0 unspecified atom stereocenters. The summed E-state index contributed by atoms with van der Waals surface area (Å²) in [5.74, 6) is 0.674. The molecule has 22 heavy (non-hydrogen) atoms. The highest BCUT2D eigenvalue weighted by Gasteiger charge is 2.36. The SMILES string of the molecule is Cc1ccc(Cl)c(OCC2(O)CCN(C3CCCC3)CC2)c1. The highest BCUT2D eigenvalue weighted by Crippen LogP contribution is 2.31. The molecule has 1 aliphatic heterocycles. The lowest BCUT2D eigenvalue weighted by Crippen LogP contribution is -2.50. The van der Waals surface area contributed by atoms with Crippen LogP contribution in [0.3, 0.4) is 0 Å². The molecule has 1 aromatic carbocycles. The molecule has 0 amide bonds. The molecule has 1 N–H and O–H groups in total. The fourth-order valence-corrected chi connectivity index (χ4v) is 3.82. The number of hydrogen-bond donors (Lipinski definition) is 1. The maximum Gasteiger partial charge on any atom is 0.138 e. The van der Waals surface area contributed by atoms with Gasteiger partial charge in [-0.15, -0.1) is 0 Å². The summed E-state index contributed by atoms with van der Waals surface area (Å²) < 4.78 is 5.82. The third-order valence-electron chi connectivity index (χ3n) is 5.15. The zero-order chi connectivity index (χ0) is 15.6. The number of halogens is 1. The fourth-order valence-electron chi connectivity index (χ4n) is 3.65. The van der Waals surface area contributed by atoms with Crippen LogP contribution in [0.25, 0.3) is 0 Å². The van der Waals surface area contributed by atoms with Crippen LogP contribution in [0.4, 0.5) is 0 Å².